The molecule has 1 aliphatic rings. The van der Waals surface area contributed by atoms with E-state index in [0.717, 1.165) is 16.8 Å². The lowest BCUT2D eigenvalue weighted by Crippen LogP contribution is -2.67. The summed E-state index contributed by atoms with van der Waals surface area (Å²) in [6.07, 6.45) is 1.37. The van der Waals surface area contributed by atoms with E-state index in [9.17, 15) is 4.79 Å². The van der Waals surface area contributed by atoms with Crippen LogP contribution in [0.2, 0.25) is 24.7 Å². The third-order valence-corrected chi connectivity index (χ3v) is 14.0. The summed E-state index contributed by atoms with van der Waals surface area (Å²) in [6, 6.07) is 38.1. The van der Waals surface area contributed by atoms with E-state index in [4.69, 9.17) is 9.16 Å². The quantitative estimate of drug-likeness (QED) is 0.159. The van der Waals surface area contributed by atoms with Gasteiger partial charge in [0.25, 0.3) is 8.32 Å². The van der Waals surface area contributed by atoms with Crippen LogP contribution >= 0.6 is 0 Å². The van der Waals surface area contributed by atoms with Crippen molar-refractivity contribution in [3.05, 3.63) is 127 Å². The minimum Gasteiger partial charge on any atom is -0.410 e. The van der Waals surface area contributed by atoms with E-state index in [0.29, 0.717) is 5.75 Å². The summed E-state index contributed by atoms with van der Waals surface area (Å²) >= 11 is 0. The van der Waals surface area contributed by atoms with Gasteiger partial charge in [0.2, 0.25) is 0 Å². The van der Waals surface area contributed by atoms with Crippen molar-refractivity contribution >= 4 is 44.1 Å². The molecule has 4 aromatic rings. The fourth-order valence-corrected chi connectivity index (χ4v) is 11.3. The molecule has 0 N–H and O–H groups in total. The molecule has 5 rings (SSSR count). The molecule has 4 aromatic carbocycles. The average molecular weight is 630 g/mol. The molecule has 6 heteroatoms. The van der Waals surface area contributed by atoms with Gasteiger partial charge in [-0.2, -0.15) is 0 Å². The highest BCUT2D eigenvalue weighted by Crippen LogP contribution is 2.42. The first-order valence-corrected chi connectivity index (χ1v) is 21.0. The molecule has 0 spiro atoms. The summed E-state index contributed by atoms with van der Waals surface area (Å²) in [7, 11) is -4.62. The van der Waals surface area contributed by atoms with Gasteiger partial charge in [-0.1, -0.05) is 143 Å². The van der Waals surface area contributed by atoms with Gasteiger partial charge in [-0.15, -0.1) is 5.54 Å². The average Bonchev–Trinajstić information content (AvgIpc) is 3.02. The van der Waals surface area contributed by atoms with Gasteiger partial charge in [0.15, 0.2) is 0 Å². The third kappa shape index (κ3) is 6.91. The molecule has 0 fully saturated rings. The van der Waals surface area contributed by atoms with Gasteiger partial charge in [-0.25, -0.2) is 4.79 Å². The van der Waals surface area contributed by atoms with Crippen LogP contribution in [-0.4, -0.2) is 34.6 Å². The number of fused-ring (bicyclic) bond motifs is 1. The van der Waals surface area contributed by atoms with Crippen molar-refractivity contribution in [2.45, 2.75) is 64.5 Å². The summed E-state index contributed by atoms with van der Waals surface area (Å²) < 4.78 is 13.4. The fraction of sp³-hybridized carbons (Fsp3) is 0.256. The fourth-order valence-electron chi connectivity index (χ4n) is 6.03. The number of hydrogen-bond acceptors (Lipinski definition) is 3. The van der Waals surface area contributed by atoms with Gasteiger partial charge in [0.1, 0.15) is 19.9 Å². The second-order valence-corrected chi connectivity index (χ2v) is 22.6. The maximum Gasteiger partial charge on any atom is 0.421 e. The van der Waals surface area contributed by atoms with Gasteiger partial charge in [0.05, 0.1) is 11.8 Å². The molecular formula is C39H43NO3Si2. The maximum absolute atomic E-state index is 13.9. The number of carbonyl (C=O) groups is 1. The van der Waals surface area contributed by atoms with Crippen LogP contribution in [0.4, 0.5) is 10.5 Å². The van der Waals surface area contributed by atoms with Crippen LogP contribution in [0.5, 0.6) is 5.75 Å². The summed E-state index contributed by atoms with van der Waals surface area (Å²) in [5.74, 6) is 3.97. The summed E-state index contributed by atoms with van der Waals surface area (Å²) in [5.41, 5.74) is 6.25. The SMILES string of the molecule is C[C@H](O[Si](c1ccccc1)(c1ccccc1)C(C)(C)C)C1=C[C@H](C#C[Si](C)(C)C)N(C(=O)Oc2ccccc2)c2ccccc21. The largest absolute Gasteiger partial charge is 0.421 e. The van der Waals surface area contributed by atoms with Crippen molar-refractivity contribution in [3.63, 3.8) is 0 Å². The van der Waals surface area contributed by atoms with Crippen LogP contribution in [-0.2, 0) is 4.43 Å². The highest BCUT2D eigenvalue weighted by atomic mass is 28.4. The lowest BCUT2D eigenvalue weighted by molar-refractivity contribution is 0.207. The Balaban J connectivity index is 1.65. The molecule has 0 bridgehead atoms. The monoisotopic (exact) mass is 629 g/mol. The lowest BCUT2D eigenvalue weighted by Gasteiger charge is -2.45. The Labute approximate surface area is 270 Å². The van der Waals surface area contributed by atoms with Gasteiger partial charge in [0, 0.05) is 5.56 Å². The van der Waals surface area contributed by atoms with Crippen molar-refractivity contribution in [2.24, 2.45) is 0 Å². The zero-order valence-corrected chi connectivity index (χ0v) is 29.4. The molecule has 0 radical (unpaired) electrons. The zero-order chi connectivity index (χ0) is 32.2. The molecule has 2 atom stereocenters. The predicted molar refractivity (Wildman–Crippen MR) is 192 cm³/mol. The molecular weight excluding hydrogens is 587 g/mol. The topological polar surface area (TPSA) is 38.8 Å². The Bertz CT molecular complexity index is 1670. The number of benzene rings is 4. The molecule has 1 aliphatic heterocycles. The number of amides is 1. The summed E-state index contributed by atoms with van der Waals surface area (Å²) in [5, 5.41) is 2.27. The molecule has 0 aliphatic carbocycles. The summed E-state index contributed by atoms with van der Waals surface area (Å²) in [6.45, 7) is 15.6. The van der Waals surface area contributed by atoms with E-state index in [1.807, 2.05) is 36.4 Å². The molecule has 230 valence electrons. The molecule has 0 unspecified atom stereocenters. The van der Waals surface area contributed by atoms with Crippen molar-refractivity contribution in [2.75, 3.05) is 4.90 Å². The first-order chi connectivity index (χ1) is 21.4. The van der Waals surface area contributed by atoms with Crippen molar-refractivity contribution in [3.8, 4) is 17.2 Å². The first-order valence-electron chi connectivity index (χ1n) is 15.6. The van der Waals surface area contributed by atoms with E-state index in [1.54, 1.807) is 17.0 Å². The van der Waals surface area contributed by atoms with Crippen LogP contribution in [0, 0.1) is 11.5 Å². The van der Waals surface area contributed by atoms with Crippen LogP contribution in [0.25, 0.3) is 5.57 Å². The van der Waals surface area contributed by atoms with Crippen LogP contribution in [0.15, 0.2) is 121 Å². The molecule has 45 heavy (non-hydrogen) atoms. The Morgan fingerprint density at radius 2 is 1.29 bits per heavy atom. The van der Waals surface area contributed by atoms with Gasteiger partial charge in [-0.3, -0.25) is 4.90 Å². The highest BCUT2D eigenvalue weighted by Gasteiger charge is 2.51. The standard InChI is InChI=1S/C39H43NO3Si2/c1-30(43-45(39(2,3)4,33-21-13-9-14-22-33)34-23-15-10-16-24-34)36-29-31(27-28-44(5,6)7)40(37-26-18-17-25-35(36)37)38(41)42-32-19-11-8-12-20-32/h8-26,29-31H,1-7H3/t30-,31-/m0/s1. The van der Waals surface area contributed by atoms with E-state index in [-0.39, 0.29) is 11.1 Å². The Morgan fingerprint density at radius 3 is 1.82 bits per heavy atom. The van der Waals surface area contributed by atoms with Crippen molar-refractivity contribution < 1.29 is 14.0 Å². The number of anilines is 1. The van der Waals surface area contributed by atoms with Crippen molar-refractivity contribution in [1.29, 1.82) is 0 Å². The second-order valence-electron chi connectivity index (χ2n) is 13.6. The number of carbonyl (C=O) groups excluding carboxylic acids is 1. The molecule has 0 saturated carbocycles. The smallest absolute Gasteiger partial charge is 0.410 e. The number of rotatable bonds is 6. The van der Waals surface area contributed by atoms with Gasteiger partial charge >= 0.3 is 6.09 Å². The van der Waals surface area contributed by atoms with Gasteiger partial charge in [-0.05, 0) is 52.2 Å². The Kier molecular flexibility index (Phi) is 9.36. The third-order valence-electron chi connectivity index (χ3n) is 8.04. The zero-order valence-electron chi connectivity index (χ0n) is 27.4. The van der Waals surface area contributed by atoms with E-state index < -0.39 is 28.5 Å². The minimum atomic E-state index is -2.85. The molecule has 0 aromatic heterocycles. The normalized spacial score (nSPS) is 15.7. The highest BCUT2D eigenvalue weighted by molar-refractivity contribution is 6.99. The van der Waals surface area contributed by atoms with E-state index >= 15 is 0 Å². The Hall–Kier alpha value is -4.16. The van der Waals surface area contributed by atoms with E-state index in [2.05, 4.69) is 132 Å². The van der Waals surface area contributed by atoms with Crippen LogP contribution in [0.1, 0.15) is 33.3 Å². The predicted octanol–water partition coefficient (Wildman–Crippen LogP) is 8.30. The molecule has 0 saturated heterocycles. The summed E-state index contributed by atoms with van der Waals surface area (Å²) in [4.78, 5) is 15.6. The molecule has 1 heterocycles. The van der Waals surface area contributed by atoms with Crippen LogP contribution in [0.3, 0.4) is 0 Å². The number of ether oxygens (including phenoxy) is 1. The first kappa shape index (κ1) is 32.2. The maximum atomic E-state index is 13.9. The van der Waals surface area contributed by atoms with Crippen LogP contribution < -0.4 is 20.0 Å². The lowest BCUT2D eigenvalue weighted by atomic mass is 9.92. The number of para-hydroxylation sites is 2. The molecule has 4 nitrogen and oxygen atoms in total. The number of hydrogen-bond donors (Lipinski definition) is 0. The van der Waals surface area contributed by atoms with Crippen molar-refractivity contribution in [1.82, 2.24) is 0 Å². The van der Waals surface area contributed by atoms with E-state index in [1.165, 1.54) is 10.4 Å². The second kappa shape index (κ2) is 13.1. The van der Waals surface area contributed by atoms with Gasteiger partial charge < -0.3 is 9.16 Å². The number of nitrogens with zero attached hydrogens (tertiary/aromatic N) is 1. The minimum absolute atomic E-state index is 0.179. The molecule has 1 amide bonds. The Morgan fingerprint density at radius 1 is 0.778 bits per heavy atom.